The van der Waals surface area contributed by atoms with E-state index in [0.29, 0.717) is 31.5 Å². The largest absolute Gasteiger partial charge is 0.488 e. The first-order chi connectivity index (χ1) is 26.1. The second-order valence-corrected chi connectivity index (χ2v) is 17.1. The molecule has 4 unspecified atom stereocenters. The predicted octanol–water partition coefficient (Wildman–Crippen LogP) is 4.51. The maximum absolute atomic E-state index is 14.4. The van der Waals surface area contributed by atoms with E-state index in [0.717, 1.165) is 5.57 Å². The van der Waals surface area contributed by atoms with Crippen molar-refractivity contribution in [2.75, 3.05) is 28.3 Å². The second kappa shape index (κ2) is 18.1. The van der Waals surface area contributed by atoms with Gasteiger partial charge in [-0.2, -0.15) is 0 Å². The minimum Gasteiger partial charge on any atom is -0.488 e. The van der Waals surface area contributed by atoms with Crippen molar-refractivity contribution >= 4 is 24.2 Å². The third-order valence-corrected chi connectivity index (χ3v) is 12.6. The van der Waals surface area contributed by atoms with Crippen molar-refractivity contribution in [3.63, 3.8) is 0 Å². The van der Waals surface area contributed by atoms with Crippen molar-refractivity contribution < 1.29 is 66.5 Å². The summed E-state index contributed by atoms with van der Waals surface area (Å²) in [7, 11) is 6.78. The highest BCUT2D eigenvalue weighted by Gasteiger charge is 2.57. The SMILES string of the molecule is CC[C@@H]1OC(=O)[C@@H](C)[C@H](OC2C[C@@](C)(OC)[C@@H](OC=O)[C@H](C)O2)C(C)[C@H](O[C@@H]2O[C@H](C)C[C@H](N(C)C)[C@H]2OC(C)=O)C2(C)CC(C)=C(O2)C(C)C(=O)[C@@]1(C)OC. The van der Waals surface area contributed by atoms with E-state index in [9.17, 15) is 19.2 Å². The van der Waals surface area contributed by atoms with E-state index in [1.165, 1.54) is 21.1 Å². The van der Waals surface area contributed by atoms with E-state index in [4.69, 9.17) is 47.4 Å². The molecule has 15 heteroatoms. The summed E-state index contributed by atoms with van der Waals surface area (Å²) in [5.74, 6) is -3.31. The molecule has 4 aliphatic heterocycles. The van der Waals surface area contributed by atoms with E-state index >= 15 is 0 Å². The summed E-state index contributed by atoms with van der Waals surface area (Å²) in [6.45, 7) is 19.9. The van der Waals surface area contributed by atoms with Crippen LogP contribution in [0.3, 0.4) is 0 Å². The maximum Gasteiger partial charge on any atom is 0.311 e. The first-order valence-corrected chi connectivity index (χ1v) is 19.9. The van der Waals surface area contributed by atoms with Crippen molar-refractivity contribution in [2.24, 2.45) is 17.8 Å². The number of Topliss-reactive ketones (excluding diaryl/α,β-unsaturated/α-hetero) is 1. The number of nitrogens with zero attached hydrogens (tertiary/aromatic N) is 1. The normalized spacial score (nSPS) is 43.9. The molecule has 4 heterocycles. The Morgan fingerprint density at radius 1 is 0.964 bits per heavy atom. The third-order valence-electron chi connectivity index (χ3n) is 12.6. The highest BCUT2D eigenvalue weighted by Crippen LogP contribution is 2.47. The number of carbonyl (C=O) groups excluding carboxylic acids is 4. The van der Waals surface area contributed by atoms with Gasteiger partial charge < -0.3 is 52.3 Å². The van der Waals surface area contributed by atoms with Gasteiger partial charge in [0.15, 0.2) is 36.2 Å². The van der Waals surface area contributed by atoms with E-state index in [1.807, 2.05) is 60.5 Å². The lowest BCUT2D eigenvalue weighted by atomic mass is 9.79. The Labute approximate surface area is 332 Å². The molecule has 0 N–H and O–H groups in total. The number of likely N-dealkylation sites (N-methyl/N-ethyl adjacent to an activating group) is 1. The number of ketones is 1. The first-order valence-electron chi connectivity index (χ1n) is 19.9. The number of ether oxygens (including phenoxy) is 10. The summed E-state index contributed by atoms with van der Waals surface area (Å²) in [6.07, 6.45) is -5.85. The molecule has 0 radical (unpaired) electrons. The van der Waals surface area contributed by atoms with Crippen molar-refractivity contribution in [3.05, 3.63) is 11.3 Å². The van der Waals surface area contributed by atoms with Gasteiger partial charge in [0, 0.05) is 39.9 Å². The van der Waals surface area contributed by atoms with Gasteiger partial charge in [-0.1, -0.05) is 13.8 Å². The summed E-state index contributed by atoms with van der Waals surface area (Å²) < 4.78 is 63.0. The number of rotatable bonds is 11. The standard InChI is InChI=1S/C41H67NO14/c1-16-29-41(11,48-15)34(45)23(4)31-21(2)18-40(10,56-31)35(55-38-33(52-27(8)44)28(42(12)13)17-22(3)50-38)24(5)32(25(6)37(46)53-29)54-30-19-39(9,47-14)36(49-20-43)26(7)51-30/h20,22-26,28-30,32-33,35-36,38H,16-19H2,1-15H3/t22-,23?,24?,25+,26+,28+,29+,30?,32-,33-,35+,36+,38+,39-,40?,41+/m1/s1. The van der Waals surface area contributed by atoms with Crippen LogP contribution in [0.4, 0.5) is 0 Å². The number of hydrogen-bond acceptors (Lipinski definition) is 15. The van der Waals surface area contributed by atoms with E-state index in [2.05, 4.69) is 0 Å². The zero-order valence-corrected chi connectivity index (χ0v) is 36.1. The van der Waals surface area contributed by atoms with Gasteiger partial charge >= 0.3 is 11.9 Å². The topological polar surface area (TPSA) is 164 Å². The fourth-order valence-corrected chi connectivity index (χ4v) is 9.38. The molecular formula is C41H67NO14. The lowest BCUT2D eigenvalue weighted by Gasteiger charge is -2.49. The molecule has 0 saturated carbocycles. The lowest BCUT2D eigenvalue weighted by molar-refractivity contribution is -0.317. The molecule has 4 rings (SSSR count). The van der Waals surface area contributed by atoms with Gasteiger partial charge in [0.05, 0.1) is 36.2 Å². The molecule has 0 spiro atoms. The van der Waals surface area contributed by atoms with Gasteiger partial charge in [-0.15, -0.1) is 0 Å². The van der Waals surface area contributed by atoms with Crippen LogP contribution in [-0.2, 0) is 66.5 Å². The average Bonchev–Trinajstić information content (AvgIpc) is 3.45. The Bertz CT molecular complexity index is 1450. The quantitative estimate of drug-likeness (QED) is 0.163. The highest BCUT2D eigenvalue weighted by atomic mass is 16.7. The Hall–Kier alpha value is -2.66. The minimum atomic E-state index is -1.51. The molecule has 0 aromatic heterocycles. The molecule has 15 nitrogen and oxygen atoms in total. The van der Waals surface area contributed by atoms with Gasteiger partial charge in [0.1, 0.15) is 29.2 Å². The van der Waals surface area contributed by atoms with Crippen molar-refractivity contribution in [2.45, 2.75) is 180 Å². The smallest absolute Gasteiger partial charge is 0.311 e. The summed E-state index contributed by atoms with van der Waals surface area (Å²) >= 11 is 0. The van der Waals surface area contributed by atoms with Crippen LogP contribution in [0.1, 0.15) is 102 Å². The lowest BCUT2D eigenvalue weighted by Crippen LogP contribution is -2.61. The number of esters is 2. The fraction of sp³-hybridized carbons (Fsp3) is 0.854. The monoisotopic (exact) mass is 797 g/mol. The van der Waals surface area contributed by atoms with Crippen LogP contribution in [-0.4, -0.2) is 136 Å². The highest BCUT2D eigenvalue weighted by molar-refractivity contribution is 5.92. The number of carbonyl (C=O) groups is 4. The molecule has 56 heavy (non-hydrogen) atoms. The van der Waals surface area contributed by atoms with Crippen LogP contribution in [0.5, 0.6) is 0 Å². The number of hydrogen-bond donors (Lipinski definition) is 0. The fourth-order valence-electron chi connectivity index (χ4n) is 9.38. The van der Waals surface area contributed by atoms with E-state index in [1.54, 1.807) is 27.7 Å². The molecule has 0 aromatic carbocycles. The Morgan fingerprint density at radius 2 is 1.62 bits per heavy atom. The molecular weight excluding hydrogens is 730 g/mol. The summed E-state index contributed by atoms with van der Waals surface area (Å²) in [6, 6.07) is -0.243. The zero-order valence-electron chi connectivity index (χ0n) is 36.1. The Balaban J connectivity index is 1.89. The van der Waals surface area contributed by atoms with Crippen LogP contribution in [0.15, 0.2) is 11.3 Å². The first kappa shape index (κ1) is 46.0. The van der Waals surface area contributed by atoms with Crippen LogP contribution in [0.2, 0.25) is 0 Å². The number of fused-ring (bicyclic) bond motifs is 2. The Kier molecular flexibility index (Phi) is 14.9. The summed E-state index contributed by atoms with van der Waals surface area (Å²) in [5.41, 5.74) is -2.79. The van der Waals surface area contributed by atoms with Gasteiger partial charge in [0.2, 0.25) is 0 Å². The maximum atomic E-state index is 14.4. The third kappa shape index (κ3) is 9.14. The summed E-state index contributed by atoms with van der Waals surface area (Å²) in [5, 5.41) is 0. The number of methoxy groups -OCH3 is 2. The van der Waals surface area contributed by atoms with E-state index in [-0.39, 0.29) is 24.3 Å². The molecule has 0 amide bonds. The zero-order chi connectivity index (χ0) is 42.1. The van der Waals surface area contributed by atoms with Crippen LogP contribution in [0.25, 0.3) is 0 Å². The average molecular weight is 798 g/mol. The van der Waals surface area contributed by atoms with Crippen molar-refractivity contribution in [1.82, 2.24) is 4.90 Å². The van der Waals surface area contributed by atoms with Crippen molar-refractivity contribution in [1.29, 1.82) is 0 Å². The van der Waals surface area contributed by atoms with Gasteiger partial charge in [-0.3, -0.25) is 19.2 Å². The Morgan fingerprint density at radius 3 is 2.18 bits per heavy atom. The number of cyclic esters (lactones) is 1. The van der Waals surface area contributed by atoms with Crippen molar-refractivity contribution in [3.8, 4) is 0 Å². The molecule has 320 valence electrons. The number of allylic oxidation sites excluding steroid dienone is 1. The minimum absolute atomic E-state index is 0.148. The van der Waals surface area contributed by atoms with Gasteiger partial charge in [-0.05, 0) is 87.9 Å². The van der Waals surface area contributed by atoms with Gasteiger partial charge in [0.25, 0.3) is 6.47 Å². The molecule has 3 fully saturated rings. The van der Waals surface area contributed by atoms with Crippen LogP contribution < -0.4 is 0 Å². The van der Waals surface area contributed by atoms with E-state index < -0.39 is 95.7 Å². The van der Waals surface area contributed by atoms with Crippen LogP contribution in [0, 0.1) is 17.8 Å². The molecule has 3 saturated heterocycles. The predicted molar refractivity (Wildman–Crippen MR) is 202 cm³/mol. The molecule has 0 aromatic rings. The van der Waals surface area contributed by atoms with Crippen LogP contribution >= 0.6 is 0 Å². The molecule has 2 bridgehead atoms. The second-order valence-electron chi connectivity index (χ2n) is 17.1. The summed E-state index contributed by atoms with van der Waals surface area (Å²) in [4.78, 5) is 54.9. The molecule has 16 atom stereocenters. The van der Waals surface area contributed by atoms with Gasteiger partial charge in [-0.25, -0.2) is 0 Å². The molecule has 4 aliphatic rings. The molecule has 0 aliphatic carbocycles.